The van der Waals surface area contributed by atoms with E-state index in [0.717, 1.165) is 15.8 Å². The summed E-state index contributed by atoms with van der Waals surface area (Å²) in [6.07, 6.45) is -0.903. The smallest absolute Gasteiger partial charge is 0.349 e. The van der Waals surface area contributed by atoms with Crippen LogP contribution in [0.4, 0.5) is 5.69 Å². The monoisotopic (exact) mass is 369 g/mol. The first-order chi connectivity index (χ1) is 12.6. The number of esters is 1. The van der Waals surface area contributed by atoms with Crippen molar-refractivity contribution in [2.75, 3.05) is 11.9 Å². The van der Waals surface area contributed by atoms with Crippen molar-refractivity contribution in [3.05, 3.63) is 59.5 Å². The summed E-state index contributed by atoms with van der Waals surface area (Å²) < 4.78 is 11.7. The Bertz CT molecular complexity index is 884. The van der Waals surface area contributed by atoms with Crippen molar-refractivity contribution in [2.45, 2.75) is 20.0 Å². The van der Waals surface area contributed by atoms with E-state index in [9.17, 15) is 9.59 Å². The lowest BCUT2D eigenvalue weighted by Gasteiger charge is -2.13. The number of benzene rings is 2. The Balaban J connectivity index is 1.60. The number of nitrogens with one attached hydrogen (secondary N) is 1. The Morgan fingerprint density at radius 1 is 1.12 bits per heavy atom. The van der Waals surface area contributed by atoms with Crippen LogP contribution in [0.25, 0.3) is 10.1 Å². The molecule has 2 aromatic carbocycles. The molecule has 0 aliphatic heterocycles. The molecular weight excluding hydrogens is 350 g/mol. The van der Waals surface area contributed by atoms with Crippen LogP contribution in [-0.2, 0) is 9.53 Å². The lowest BCUT2D eigenvalue weighted by molar-refractivity contribution is -0.123. The molecule has 1 heterocycles. The van der Waals surface area contributed by atoms with Gasteiger partial charge in [-0.2, -0.15) is 0 Å². The normalized spacial score (nSPS) is 11.8. The van der Waals surface area contributed by atoms with E-state index in [1.807, 2.05) is 31.2 Å². The van der Waals surface area contributed by atoms with Crippen LogP contribution in [0.1, 0.15) is 23.5 Å². The van der Waals surface area contributed by atoms with E-state index in [-0.39, 0.29) is 5.91 Å². The highest BCUT2D eigenvalue weighted by atomic mass is 32.1. The molecule has 0 unspecified atom stereocenters. The maximum atomic E-state index is 12.3. The van der Waals surface area contributed by atoms with Crippen molar-refractivity contribution in [3.8, 4) is 5.75 Å². The first-order valence-electron chi connectivity index (χ1n) is 8.30. The molecule has 0 spiro atoms. The quantitative estimate of drug-likeness (QED) is 0.651. The SMILES string of the molecule is CCOc1ccc(NC(=O)[C@@H](C)OC(=O)c2cc3ccccc3s2)cc1. The van der Waals surface area contributed by atoms with Gasteiger partial charge < -0.3 is 14.8 Å². The van der Waals surface area contributed by atoms with Gasteiger partial charge in [-0.25, -0.2) is 4.79 Å². The summed E-state index contributed by atoms with van der Waals surface area (Å²) in [5.74, 6) is -0.154. The molecule has 3 aromatic rings. The zero-order valence-corrected chi connectivity index (χ0v) is 15.3. The molecule has 5 nitrogen and oxygen atoms in total. The van der Waals surface area contributed by atoms with Gasteiger partial charge in [0.05, 0.1) is 6.61 Å². The number of hydrogen-bond donors (Lipinski definition) is 1. The van der Waals surface area contributed by atoms with Crippen molar-refractivity contribution in [1.82, 2.24) is 0 Å². The highest BCUT2D eigenvalue weighted by Gasteiger charge is 2.20. The fourth-order valence-electron chi connectivity index (χ4n) is 2.40. The number of rotatable bonds is 6. The molecule has 0 aliphatic rings. The predicted molar refractivity (Wildman–Crippen MR) is 103 cm³/mol. The highest BCUT2D eigenvalue weighted by Crippen LogP contribution is 2.26. The second-order valence-corrected chi connectivity index (χ2v) is 6.73. The molecule has 0 aliphatic carbocycles. The second-order valence-electron chi connectivity index (χ2n) is 5.64. The van der Waals surface area contributed by atoms with Crippen molar-refractivity contribution < 1.29 is 19.1 Å². The predicted octanol–water partition coefficient (Wildman–Crippen LogP) is 4.48. The molecule has 1 amide bonds. The van der Waals surface area contributed by atoms with Gasteiger partial charge in [-0.3, -0.25) is 4.79 Å². The Morgan fingerprint density at radius 3 is 2.54 bits per heavy atom. The van der Waals surface area contributed by atoms with Crippen LogP contribution >= 0.6 is 11.3 Å². The van der Waals surface area contributed by atoms with Crippen molar-refractivity contribution in [2.24, 2.45) is 0 Å². The molecular formula is C20H19NO4S. The average Bonchev–Trinajstić information content (AvgIpc) is 3.08. The molecule has 0 bridgehead atoms. The zero-order chi connectivity index (χ0) is 18.5. The van der Waals surface area contributed by atoms with Crippen LogP contribution in [0.3, 0.4) is 0 Å². The van der Waals surface area contributed by atoms with Crippen molar-refractivity contribution in [3.63, 3.8) is 0 Å². The van der Waals surface area contributed by atoms with E-state index in [2.05, 4.69) is 5.32 Å². The van der Waals surface area contributed by atoms with Gasteiger partial charge in [0.1, 0.15) is 10.6 Å². The molecule has 0 saturated heterocycles. The van der Waals surface area contributed by atoms with Crippen LogP contribution in [0.2, 0.25) is 0 Å². The summed E-state index contributed by atoms with van der Waals surface area (Å²) in [5.41, 5.74) is 0.614. The van der Waals surface area contributed by atoms with Gasteiger partial charge in [0, 0.05) is 10.4 Å². The van der Waals surface area contributed by atoms with Crippen LogP contribution in [0.15, 0.2) is 54.6 Å². The number of ether oxygens (including phenoxy) is 2. The first kappa shape index (κ1) is 17.9. The molecule has 1 N–H and O–H groups in total. The van der Waals surface area contributed by atoms with Crippen molar-refractivity contribution >= 4 is 39.0 Å². The van der Waals surface area contributed by atoms with E-state index >= 15 is 0 Å². The number of thiophene rings is 1. The summed E-state index contributed by atoms with van der Waals surface area (Å²) in [6, 6.07) is 16.5. The molecule has 6 heteroatoms. The van der Waals surface area contributed by atoms with Gasteiger partial charge in [0.25, 0.3) is 5.91 Å². The van der Waals surface area contributed by atoms with E-state index < -0.39 is 12.1 Å². The minimum absolute atomic E-state index is 0.386. The van der Waals surface area contributed by atoms with Crippen LogP contribution in [-0.4, -0.2) is 24.6 Å². The number of hydrogen-bond acceptors (Lipinski definition) is 5. The first-order valence-corrected chi connectivity index (χ1v) is 9.11. The highest BCUT2D eigenvalue weighted by molar-refractivity contribution is 7.20. The van der Waals surface area contributed by atoms with Gasteiger partial charge in [-0.1, -0.05) is 18.2 Å². The van der Waals surface area contributed by atoms with E-state index in [1.54, 1.807) is 37.3 Å². The van der Waals surface area contributed by atoms with E-state index in [0.29, 0.717) is 17.2 Å². The third kappa shape index (κ3) is 4.21. The number of fused-ring (bicyclic) bond motifs is 1. The third-order valence-electron chi connectivity index (χ3n) is 3.71. The van der Waals surface area contributed by atoms with Gasteiger partial charge in [0.2, 0.25) is 0 Å². The van der Waals surface area contributed by atoms with Crippen LogP contribution in [0.5, 0.6) is 5.75 Å². The van der Waals surface area contributed by atoms with Crippen LogP contribution < -0.4 is 10.1 Å². The van der Waals surface area contributed by atoms with Gasteiger partial charge >= 0.3 is 5.97 Å². The summed E-state index contributed by atoms with van der Waals surface area (Å²) in [5, 5.41) is 3.71. The fraction of sp³-hybridized carbons (Fsp3) is 0.200. The summed E-state index contributed by atoms with van der Waals surface area (Å²) in [7, 11) is 0. The largest absolute Gasteiger partial charge is 0.494 e. The Kier molecular flexibility index (Phi) is 5.53. The average molecular weight is 369 g/mol. The maximum Gasteiger partial charge on any atom is 0.349 e. The third-order valence-corrected chi connectivity index (χ3v) is 4.81. The minimum Gasteiger partial charge on any atom is -0.494 e. The summed E-state index contributed by atoms with van der Waals surface area (Å²) in [6.45, 7) is 4.04. The molecule has 1 aromatic heterocycles. The fourth-order valence-corrected chi connectivity index (χ4v) is 3.35. The Labute approximate surface area is 155 Å². The number of carbonyl (C=O) groups is 2. The molecule has 134 valence electrons. The lowest BCUT2D eigenvalue weighted by atomic mass is 10.2. The van der Waals surface area contributed by atoms with Gasteiger partial charge in [-0.15, -0.1) is 11.3 Å². The maximum absolute atomic E-state index is 12.3. The van der Waals surface area contributed by atoms with Gasteiger partial charge in [0.15, 0.2) is 6.10 Å². The zero-order valence-electron chi connectivity index (χ0n) is 14.5. The Hall–Kier alpha value is -2.86. The second kappa shape index (κ2) is 8.01. The number of amides is 1. The molecule has 0 radical (unpaired) electrons. The molecule has 0 saturated carbocycles. The molecule has 26 heavy (non-hydrogen) atoms. The number of anilines is 1. The van der Waals surface area contributed by atoms with Crippen molar-refractivity contribution in [1.29, 1.82) is 0 Å². The number of carbonyl (C=O) groups excluding carboxylic acids is 2. The van der Waals surface area contributed by atoms with Gasteiger partial charge in [-0.05, 0) is 55.6 Å². The minimum atomic E-state index is -0.903. The van der Waals surface area contributed by atoms with E-state index in [1.165, 1.54) is 11.3 Å². The van der Waals surface area contributed by atoms with E-state index in [4.69, 9.17) is 9.47 Å². The topological polar surface area (TPSA) is 64.6 Å². The molecule has 1 atom stereocenters. The Morgan fingerprint density at radius 2 is 1.85 bits per heavy atom. The molecule has 0 fully saturated rings. The molecule has 3 rings (SSSR count). The van der Waals surface area contributed by atoms with Crippen LogP contribution in [0, 0.1) is 0 Å². The summed E-state index contributed by atoms with van der Waals surface area (Å²) in [4.78, 5) is 25.0. The standard InChI is InChI=1S/C20H19NO4S/c1-3-24-16-10-8-15(9-11-16)21-19(22)13(2)25-20(23)18-12-14-6-4-5-7-17(14)26-18/h4-13H,3H2,1-2H3,(H,21,22)/t13-/m1/s1. The summed E-state index contributed by atoms with van der Waals surface area (Å²) >= 11 is 1.35. The lowest BCUT2D eigenvalue weighted by Crippen LogP contribution is -2.29.